The Morgan fingerprint density at radius 2 is 1.94 bits per heavy atom. The summed E-state index contributed by atoms with van der Waals surface area (Å²) in [5, 5.41) is 12.2. The van der Waals surface area contributed by atoms with Gasteiger partial charge in [-0.3, -0.25) is 9.59 Å². The van der Waals surface area contributed by atoms with Crippen LogP contribution in [0.15, 0.2) is 0 Å². The normalized spacial score (nSPS) is 26.4. The molecule has 1 rings (SSSR count). The monoisotopic (exact) mass is 242 g/mol. The molecule has 0 aromatic rings. The Balaban J connectivity index is 2.38. The van der Waals surface area contributed by atoms with Gasteiger partial charge in [0.2, 0.25) is 5.91 Å². The van der Waals surface area contributed by atoms with Crippen LogP contribution in [-0.2, 0) is 9.59 Å². The van der Waals surface area contributed by atoms with Crippen LogP contribution in [0, 0.1) is 5.92 Å². The number of nitrogens with one attached hydrogen (secondary N) is 1. The molecule has 4 N–H and O–H groups in total. The van der Waals surface area contributed by atoms with Crippen molar-refractivity contribution in [2.75, 3.05) is 0 Å². The highest BCUT2D eigenvalue weighted by atomic mass is 16.4. The summed E-state index contributed by atoms with van der Waals surface area (Å²) in [5.41, 5.74) is 5.26. The minimum atomic E-state index is -0.788. The molecule has 0 bridgehead atoms. The third kappa shape index (κ3) is 4.34. The van der Waals surface area contributed by atoms with E-state index in [1.54, 1.807) is 0 Å². The molecule has 1 atom stereocenters. The number of carboxylic acid groups (broad SMARTS) is 1. The number of hydrogen-bond acceptors (Lipinski definition) is 3. The number of hydrogen-bond donors (Lipinski definition) is 3. The first kappa shape index (κ1) is 14.0. The standard InChI is InChI=1S/C12H22N2O3/c1-2-3-10(12(16)17)14-9-6-4-8(5-7-9)11(13)15/h8-10,14H,2-7H2,1H3,(H2,13,15)(H,16,17). The smallest absolute Gasteiger partial charge is 0.320 e. The minimum Gasteiger partial charge on any atom is -0.480 e. The molecule has 0 radical (unpaired) electrons. The van der Waals surface area contributed by atoms with Crippen LogP contribution in [-0.4, -0.2) is 29.1 Å². The van der Waals surface area contributed by atoms with Crippen LogP contribution in [0.5, 0.6) is 0 Å². The van der Waals surface area contributed by atoms with Crippen LogP contribution >= 0.6 is 0 Å². The van der Waals surface area contributed by atoms with E-state index >= 15 is 0 Å². The van der Waals surface area contributed by atoms with Gasteiger partial charge in [0, 0.05) is 12.0 Å². The summed E-state index contributed by atoms with van der Waals surface area (Å²) in [5.74, 6) is -1.04. The topological polar surface area (TPSA) is 92.4 Å². The van der Waals surface area contributed by atoms with Crippen molar-refractivity contribution in [3.8, 4) is 0 Å². The second-order valence-corrected chi connectivity index (χ2v) is 4.80. The first-order valence-corrected chi connectivity index (χ1v) is 6.32. The molecule has 0 aromatic carbocycles. The van der Waals surface area contributed by atoms with Gasteiger partial charge in [-0.1, -0.05) is 13.3 Å². The maximum Gasteiger partial charge on any atom is 0.320 e. The van der Waals surface area contributed by atoms with Crippen LogP contribution < -0.4 is 11.1 Å². The summed E-state index contributed by atoms with van der Waals surface area (Å²) in [7, 11) is 0. The molecular formula is C12H22N2O3. The third-order valence-electron chi connectivity index (χ3n) is 3.44. The highest BCUT2D eigenvalue weighted by Gasteiger charge is 2.27. The van der Waals surface area contributed by atoms with Crippen molar-refractivity contribution < 1.29 is 14.7 Å². The molecule has 17 heavy (non-hydrogen) atoms. The number of primary amides is 1. The molecule has 0 heterocycles. The Morgan fingerprint density at radius 3 is 2.35 bits per heavy atom. The van der Waals surface area contributed by atoms with Crippen molar-refractivity contribution in [3.05, 3.63) is 0 Å². The summed E-state index contributed by atoms with van der Waals surface area (Å²) < 4.78 is 0. The highest BCUT2D eigenvalue weighted by molar-refractivity contribution is 5.76. The fourth-order valence-electron chi connectivity index (χ4n) is 2.40. The SMILES string of the molecule is CCCC(NC1CCC(C(N)=O)CC1)C(=O)O. The molecule has 0 spiro atoms. The molecule has 5 nitrogen and oxygen atoms in total. The van der Waals surface area contributed by atoms with Crippen molar-refractivity contribution in [2.24, 2.45) is 11.7 Å². The summed E-state index contributed by atoms with van der Waals surface area (Å²) in [4.78, 5) is 22.0. The van der Waals surface area contributed by atoms with Crippen molar-refractivity contribution in [1.29, 1.82) is 0 Å². The van der Waals surface area contributed by atoms with Gasteiger partial charge in [0.1, 0.15) is 6.04 Å². The first-order chi connectivity index (χ1) is 8.04. The fraction of sp³-hybridized carbons (Fsp3) is 0.833. The van der Waals surface area contributed by atoms with E-state index in [9.17, 15) is 9.59 Å². The van der Waals surface area contributed by atoms with Gasteiger partial charge in [0.15, 0.2) is 0 Å². The number of aliphatic carboxylic acids is 1. The van der Waals surface area contributed by atoms with E-state index in [1.165, 1.54) is 0 Å². The van der Waals surface area contributed by atoms with E-state index in [4.69, 9.17) is 10.8 Å². The van der Waals surface area contributed by atoms with Gasteiger partial charge < -0.3 is 16.2 Å². The molecule has 98 valence electrons. The van der Waals surface area contributed by atoms with Gasteiger partial charge in [-0.2, -0.15) is 0 Å². The van der Waals surface area contributed by atoms with Crippen LogP contribution in [0.1, 0.15) is 45.4 Å². The van der Waals surface area contributed by atoms with Crippen molar-refractivity contribution >= 4 is 11.9 Å². The molecule has 1 aliphatic carbocycles. The molecule has 0 saturated heterocycles. The first-order valence-electron chi connectivity index (χ1n) is 6.32. The maximum absolute atomic E-state index is 11.0. The van der Waals surface area contributed by atoms with Gasteiger partial charge in [0.25, 0.3) is 0 Å². The lowest BCUT2D eigenvalue weighted by Gasteiger charge is -2.29. The second kappa shape index (κ2) is 6.59. The lowest BCUT2D eigenvalue weighted by Crippen LogP contribution is -2.45. The van der Waals surface area contributed by atoms with E-state index < -0.39 is 12.0 Å². The number of carbonyl (C=O) groups is 2. The summed E-state index contributed by atoms with van der Waals surface area (Å²) in [6, 6.07) is -0.256. The summed E-state index contributed by atoms with van der Waals surface area (Å²) in [6.07, 6.45) is 4.70. The molecule has 5 heteroatoms. The Hall–Kier alpha value is -1.10. The number of carboxylic acids is 1. The highest BCUT2D eigenvalue weighted by Crippen LogP contribution is 2.24. The fourth-order valence-corrected chi connectivity index (χ4v) is 2.40. The third-order valence-corrected chi connectivity index (χ3v) is 3.44. The molecule has 1 unspecified atom stereocenters. The molecule has 1 aliphatic rings. The second-order valence-electron chi connectivity index (χ2n) is 4.80. The van der Waals surface area contributed by atoms with Crippen molar-refractivity contribution in [1.82, 2.24) is 5.32 Å². The van der Waals surface area contributed by atoms with E-state index in [2.05, 4.69) is 5.32 Å². The Kier molecular flexibility index (Phi) is 5.41. The summed E-state index contributed by atoms with van der Waals surface area (Å²) >= 11 is 0. The number of amides is 1. The Bertz CT molecular complexity index is 273. The predicted molar refractivity (Wildman–Crippen MR) is 64.4 cm³/mol. The number of nitrogens with two attached hydrogens (primary N) is 1. The Labute approximate surface area is 102 Å². The van der Waals surface area contributed by atoms with Crippen molar-refractivity contribution in [3.63, 3.8) is 0 Å². The van der Waals surface area contributed by atoms with Crippen LogP contribution in [0.2, 0.25) is 0 Å². The minimum absolute atomic E-state index is 0.0255. The number of carbonyl (C=O) groups excluding carboxylic acids is 1. The molecule has 0 aliphatic heterocycles. The molecule has 1 amide bonds. The molecule has 1 fully saturated rings. The molecular weight excluding hydrogens is 220 g/mol. The van der Waals surface area contributed by atoms with E-state index in [1.807, 2.05) is 6.92 Å². The van der Waals surface area contributed by atoms with Gasteiger partial charge in [0.05, 0.1) is 0 Å². The summed E-state index contributed by atoms with van der Waals surface area (Å²) in [6.45, 7) is 1.97. The predicted octanol–water partition coefficient (Wildman–Crippen LogP) is 0.873. The largest absolute Gasteiger partial charge is 0.480 e. The lowest BCUT2D eigenvalue weighted by molar-refractivity contribution is -0.140. The van der Waals surface area contributed by atoms with Crippen LogP contribution in [0.25, 0.3) is 0 Å². The zero-order chi connectivity index (χ0) is 12.8. The van der Waals surface area contributed by atoms with E-state index in [0.717, 1.165) is 32.1 Å². The van der Waals surface area contributed by atoms with Gasteiger partial charge >= 0.3 is 5.97 Å². The maximum atomic E-state index is 11.0. The average molecular weight is 242 g/mol. The molecule has 0 aromatic heterocycles. The Morgan fingerprint density at radius 1 is 1.35 bits per heavy atom. The van der Waals surface area contributed by atoms with Gasteiger partial charge in [-0.15, -0.1) is 0 Å². The van der Waals surface area contributed by atoms with Crippen LogP contribution in [0.4, 0.5) is 0 Å². The quantitative estimate of drug-likeness (QED) is 0.644. The molecule has 1 saturated carbocycles. The average Bonchev–Trinajstić information content (AvgIpc) is 2.29. The zero-order valence-corrected chi connectivity index (χ0v) is 10.3. The van der Waals surface area contributed by atoms with Gasteiger partial charge in [-0.25, -0.2) is 0 Å². The number of rotatable bonds is 6. The van der Waals surface area contributed by atoms with E-state index in [-0.39, 0.29) is 17.9 Å². The van der Waals surface area contributed by atoms with E-state index in [0.29, 0.717) is 6.42 Å². The van der Waals surface area contributed by atoms with Crippen LogP contribution in [0.3, 0.4) is 0 Å². The van der Waals surface area contributed by atoms with Crippen molar-refractivity contribution in [2.45, 2.75) is 57.5 Å². The lowest BCUT2D eigenvalue weighted by atomic mass is 9.85. The van der Waals surface area contributed by atoms with Gasteiger partial charge in [-0.05, 0) is 32.1 Å². The zero-order valence-electron chi connectivity index (χ0n) is 10.3.